The van der Waals surface area contributed by atoms with Crippen LogP contribution in [0.25, 0.3) is 0 Å². The highest BCUT2D eigenvalue weighted by molar-refractivity contribution is 5.89. The van der Waals surface area contributed by atoms with Crippen molar-refractivity contribution < 1.29 is 9.85 Å². The predicted molar refractivity (Wildman–Crippen MR) is 119 cm³/mol. The first-order valence-electron chi connectivity index (χ1n) is 9.74. The van der Waals surface area contributed by atoms with Crippen molar-refractivity contribution in [2.75, 3.05) is 23.4 Å². The zero-order valence-corrected chi connectivity index (χ0v) is 17.6. The van der Waals surface area contributed by atoms with Crippen molar-refractivity contribution in [3.8, 4) is 0 Å². The lowest BCUT2D eigenvalue weighted by molar-refractivity contribution is -0.385. The Kier molecular flexibility index (Phi) is 7.85. The molecule has 0 bridgehead atoms. The summed E-state index contributed by atoms with van der Waals surface area (Å²) in [5.74, 6) is 0.837. The molecule has 0 amide bonds. The van der Waals surface area contributed by atoms with E-state index in [1.807, 2.05) is 0 Å². The fourth-order valence-electron chi connectivity index (χ4n) is 3.03. The highest BCUT2D eigenvalue weighted by Crippen LogP contribution is 2.26. The van der Waals surface area contributed by atoms with Gasteiger partial charge in [0, 0.05) is 48.6 Å². The molecule has 0 aliphatic heterocycles. The maximum absolute atomic E-state index is 11.2. The number of hydrazone groups is 1. The maximum Gasteiger partial charge on any atom is 0.270 e. The Bertz CT molecular complexity index is 900. The molecule has 0 aliphatic carbocycles. The number of nitro groups is 2. The second-order valence-corrected chi connectivity index (χ2v) is 7.87. The van der Waals surface area contributed by atoms with Gasteiger partial charge in [0.15, 0.2) is 0 Å². The summed E-state index contributed by atoms with van der Waals surface area (Å²) in [5, 5.41) is 26.2. The van der Waals surface area contributed by atoms with Crippen LogP contribution in [0, 0.1) is 32.1 Å². The minimum absolute atomic E-state index is 0.00965. The Hall–Kier alpha value is -3.49. The number of anilines is 2. The standard InChI is InChI=1S/C21H27N5O4/c1-15(2)13-24(14-16(3)4)21-10-9-20(26(29)30)11-17(21)12-22-23-18-5-7-19(8-6-18)25(27)28/h5-12,15-16,23H,13-14H2,1-4H3/b22-12-. The third-order valence-corrected chi connectivity index (χ3v) is 4.21. The molecule has 0 heterocycles. The van der Waals surface area contributed by atoms with Gasteiger partial charge in [0.1, 0.15) is 0 Å². The highest BCUT2D eigenvalue weighted by Gasteiger charge is 2.17. The van der Waals surface area contributed by atoms with E-state index in [0.717, 1.165) is 18.8 Å². The molecule has 2 rings (SSSR count). The average molecular weight is 413 g/mol. The van der Waals surface area contributed by atoms with Crippen molar-refractivity contribution in [2.45, 2.75) is 27.7 Å². The number of benzene rings is 2. The third kappa shape index (κ3) is 6.54. The van der Waals surface area contributed by atoms with Gasteiger partial charge in [0.2, 0.25) is 0 Å². The van der Waals surface area contributed by atoms with Crippen LogP contribution in [0.4, 0.5) is 22.7 Å². The first-order chi connectivity index (χ1) is 14.2. The van der Waals surface area contributed by atoms with Crippen LogP contribution in [0.1, 0.15) is 33.3 Å². The first kappa shape index (κ1) is 22.8. The fourth-order valence-corrected chi connectivity index (χ4v) is 3.03. The molecule has 0 aromatic heterocycles. The van der Waals surface area contributed by atoms with Crippen LogP contribution in [0.3, 0.4) is 0 Å². The van der Waals surface area contributed by atoms with E-state index >= 15 is 0 Å². The van der Waals surface area contributed by atoms with Crippen molar-refractivity contribution in [3.63, 3.8) is 0 Å². The Balaban J connectivity index is 2.32. The number of rotatable bonds is 10. The summed E-state index contributed by atoms with van der Waals surface area (Å²) in [6.07, 6.45) is 1.54. The predicted octanol–water partition coefficient (Wildman–Crippen LogP) is 5.07. The first-order valence-corrected chi connectivity index (χ1v) is 9.74. The summed E-state index contributed by atoms with van der Waals surface area (Å²) in [6, 6.07) is 10.6. The zero-order valence-electron chi connectivity index (χ0n) is 17.6. The number of nitrogens with zero attached hydrogens (tertiary/aromatic N) is 4. The van der Waals surface area contributed by atoms with E-state index in [1.165, 1.54) is 30.5 Å². The lowest BCUT2D eigenvalue weighted by atomic mass is 10.1. The van der Waals surface area contributed by atoms with Crippen LogP contribution in [-0.4, -0.2) is 29.2 Å². The molecule has 0 spiro atoms. The average Bonchev–Trinajstić information content (AvgIpc) is 2.67. The molecule has 2 aromatic rings. The molecular formula is C21H27N5O4. The molecule has 2 aromatic carbocycles. The van der Waals surface area contributed by atoms with Crippen LogP contribution in [0.5, 0.6) is 0 Å². The van der Waals surface area contributed by atoms with Crippen molar-refractivity contribution in [1.82, 2.24) is 0 Å². The molecule has 0 fully saturated rings. The zero-order chi connectivity index (χ0) is 22.3. The Morgan fingerprint density at radius 3 is 1.97 bits per heavy atom. The van der Waals surface area contributed by atoms with E-state index in [-0.39, 0.29) is 11.4 Å². The number of nitro benzene ring substituents is 2. The molecular weight excluding hydrogens is 386 g/mol. The molecule has 0 unspecified atom stereocenters. The van der Waals surface area contributed by atoms with Crippen molar-refractivity contribution in [2.24, 2.45) is 16.9 Å². The number of hydrogen-bond donors (Lipinski definition) is 1. The van der Waals surface area contributed by atoms with E-state index in [9.17, 15) is 20.2 Å². The fraction of sp³-hybridized carbons (Fsp3) is 0.381. The minimum Gasteiger partial charge on any atom is -0.370 e. The molecule has 0 saturated carbocycles. The van der Waals surface area contributed by atoms with Gasteiger partial charge in [-0.15, -0.1) is 0 Å². The minimum atomic E-state index is -0.472. The van der Waals surface area contributed by atoms with Crippen LogP contribution in [-0.2, 0) is 0 Å². The molecule has 0 aliphatic rings. The summed E-state index contributed by atoms with van der Waals surface area (Å²) < 4.78 is 0. The van der Waals surface area contributed by atoms with Gasteiger partial charge in [-0.3, -0.25) is 25.7 Å². The highest BCUT2D eigenvalue weighted by atomic mass is 16.6. The van der Waals surface area contributed by atoms with E-state index < -0.39 is 9.85 Å². The topological polar surface area (TPSA) is 114 Å². The summed E-state index contributed by atoms with van der Waals surface area (Å²) in [7, 11) is 0. The largest absolute Gasteiger partial charge is 0.370 e. The lowest BCUT2D eigenvalue weighted by Crippen LogP contribution is -2.32. The lowest BCUT2D eigenvalue weighted by Gasteiger charge is -2.29. The second kappa shape index (κ2) is 10.3. The normalized spacial score (nSPS) is 11.3. The summed E-state index contributed by atoms with van der Waals surface area (Å²) in [4.78, 5) is 23.3. The summed E-state index contributed by atoms with van der Waals surface area (Å²) in [6.45, 7) is 10.1. The molecule has 0 atom stereocenters. The molecule has 30 heavy (non-hydrogen) atoms. The molecule has 0 radical (unpaired) electrons. The number of nitrogens with one attached hydrogen (secondary N) is 1. The van der Waals surface area contributed by atoms with Gasteiger partial charge >= 0.3 is 0 Å². The van der Waals surface area contributed by atoms with Crippen LogP contribution >= 0.6 is 0 Å². The second-order valence-electron chi connectivity index (χ2n) is 7.87. The Morgan fingerprint density at radius 2 is 1.47 bits per heavy atom. The van der Waals surface area contributed by atoms with Crippen molar-refractivity contribution >= 4 is 29.0 Å². The Morgan fingerprint density at radius 1 is 0.933 bits per heavy atom. The summed E-state index contributed by atoms with van der Waals surface area (Å²) in [5.41, 5.74) is 4.87. The maximum atomic E-state index is 11.2. The SMILES string of the molecule is CC(C)CN(CC(C)C)c1ccc([N+](=O)[O-])cc1/C=N\Nc1ccc([N+](=O)[O-])cc1. The van der Waals surface area contributed by atoms with Gasteiger partial charge in [0.05, 0.1) is 21.7 Å². The van der Waals surface area contributed by atoms with Gasteiger partial charge in [-0.05, 0) is 30.0 Å². The quantitative estimate of drug-likeness (QED) is 0.330. The third-order valence-electron chi connectivity index (χ3n) is 4.21. The van der Waals surface area contributed by atoms with Crippen LogP contribution in [0.2, 0.25) is 0 Å². The molecule has 160 valence electrons. The monoisotopic (exact) mass is 413 g/mol. The smallest absolute Gasteiger partial charge is 0.270 e. The Labute approximate surface area is 175 Å². The molecule has 1 N–H and O–H groups in total. The van der Waals surface area contributed by atoms with Crippen molar-refractivity contribution in [1.29, 1.82) is 0 Å². The molecule has 9 heteroatoms. The van der Waals surface area contributed by atoms with E-state index in [4.69, 9.17) is 0 Å². The molecule has 9 nitrogen and oxygen atoms in total. The van der Waals surface area contributed by atoms with Gasteiger partial charge < -0.3 is 4.90 Å². The van der Waals surface area contributed by atoms with Gasteiger partial charge in [-0.1, -0.05) is 27.7 Å². The van der Waals surface area contributed by atoms with Crippen LogP contribution in [0.15, 0.2) is 47.6 Å². The van der Waals surface area contributed by atoms with Crippen LogP contribution < -0.4 is 10.3 Å². The molecule has 0 saturated heterocycles. The van der Waals surface area contributed by atoms with Gasteiger partial charge in [-0.25, -0.2) is 0 Å². The van der Waals surface area contributed by atoms with Gasteiger partial charge in [-0.2, -0.15) is 5.10 Å². The number of non-ortho nitro benzene ring substituents is 2. The van der Waals surface area contributed by atoms with E-state index in [2.05, 4.69) is 43.1 Å². The van der Waals surface area contributed by atoms with E-state index in [0.29, 0.717) is 23.1 Å². The number of hydrogen-bond acceptors (Lipinski definition) is 7. The van der Waals surface area contributed by atoms with Crippen molar-refractivity contribution in [3.05, 3.63) is 68.3 Å². The van der Waals surface area contributed by atoms with Gasteiger partial charge in [0.25, 0.3) is 11.4 Å². The van der Waals surface area contributed by atoms with E-state index in [1.54, 1.807) is 18.2 Å². The summed E-state index contributed by atoms with van der Waals surface area (Å²) >= 11 is 0.